The number of aliphatic imine (C=N–C) groups is 1. The molecule has 3 nitrogen and oxygen atoms in total. The average Bonchev–Trinajstić information content (AvgIpc) is 2.47. The average molecular weight is 299 g/mol. The second-order valence-electron chi connectivity index (χ2n) is 5.09. The fourth-order valence-corrected chi connectivity index (χ4v) is 2.17. The molecule has 0 saturated heterocycles. The lowest BCUT2D eigenvalue weighted by atomic mass is 10.1. The lowest BCUT2D eigenvalue weighted by molar-refractivity contribution is -0.137. The lowest BCUT2D eigenvalue weighted by Crippen LogP contribution is -2.41. The van der Waals surface area contributed by atoms with E-state index in [1.54, 1.807) is 12.1 Å². The second kappa shape index (κ2) is 7.33. The molecule has 0 radical (unpaired) electrons. The first-order valence-corrected chi connectivity index (χ1v) is 7.24. The molecule has 2 rings (SSSR count). The van der Waals surface area contributed by atoms with E-state index < -0.39 is 11.7 Å². The Morgan fingerprint density at radius 2 is 1.90 bits per heavy atom. The van der Waals surface area contributed by atoms with Gasteiger partial charge in [-0.05, 0) is 43.4 Å². The minimum Gasteiger partial charge on any atom is -0.356 e. The fourth-order valence-electron chi connectivity index (χ4n) is 2.17. The molecule has 0 unspecified atom stereocenters. The molecular formula is C15H20F3N3. The van der Waals surface area contributed by atoms with E-state index in [0.717, 1.165) is 69.0 Å². The molecular weight excluding hydrogens is 279 g/mol. The van der Waals surface area contributed by atoms with Gasteiger partial charge in [0.05, 0.1) is 5.56 Å². The van der Waals surface area contributed by atoms with Crippen molar-refractivity contribution in [2.24, 2.45) is 4.99 Å². The maximum absolute atomic E-state index is 12.4. The number of hydrogen-bond donors (Lipinski definition) is 2. The SMILES string of the molecule is FC(F)(F)c1ccc(CCCCNC2=NCCCN2)cc1. The predicted octanol–water partition coefficient (Wildman–Crippen LogP) is 2.97. The zero-order chi connectivity index (χ0) is 15.1. The first-order chi connectivity index (χ1) is 10.1. The highest BCUT2D eigenvalue weighted by atomic mass is 19.4. The van der Waals surface area contributed by atoms with Gasteiger partial charge < -0.3 is 10.6 Å². The van der Waals surface area contributed by atoms with Gasteiger partial charge in [-0.3, -0.25) is 4.99 Å². The third-order valence-electron chi connectivity index (χ3n) is 3.36. The Morgan fingerprint density at radius 3 is 2.52 bits per heavy atom. The van der Waals surface area contributed by atoms with Crippen molar-refractivity contribution >= 4 is 5.96 Å². The van der Waals surface area contributed by atoms with Crippen LogP contribution in [0.1, 0.15) is 30.4 Å². The Bertz CT molecular complexity index is 466. The third kappa shape index (κ3) is 5.28. The summed E-state index contributed by atoms with van der Waals surface area (Å²) >= 11 is 0. The van der Waals surface area contributed by atoms with Crippen LogP contribution in [0, 0.1) is 0 Å². The Labute approximate surface area is 122 Å². The lowest BCUT2D eigenvalue weighted by Gasteiger charge is -2.15. The minimum absolute atomic E-state index is 0.589. The van der Waals surface area contributed by atoms with Crippen molar-refractivity contribution in [3.05, 3.63) is 35.4 Å². The van der Waals surface area contributed by atoms with E-state index in [0.29, 0.717) is 0 Å². The summed E-state index contributed by atoms with van der Waals surface area (Å²) in [6.45, 7) is 2.64. The second-order valence-corrected chi connectivity index (χ2v) is 5.09. The number of halogens is 3. The van der Waals surface area contributed by atoms with Crippen LogP contribution in [0.2, 0.25) is 0 Å². The number of hydrogen-bond acceptors (Lipinski definition) is 3. The van der Waals surface area contributed by atoms with Crippen LogP contribution in [-0.4, -0.2) is 25.6 Å². The summed E-state index contributed by atoms with van der Waals surface area (Å²) in [4.78, 5) is 4.31. The van der Waals surface area contributed by atoms with Crippen molar-refractivity contribution in [2.75, 3.05) is 19.6 Å². The van der Waals surface area contributed by atoms with Crippen LogP contribution in [0.4, 0.5) is 13.2 Å². The molecule has 1 aromatic rings. The standard InChI is InChI=1S/C15H20F3N3/c16-15(17,18)13-7-5-12(6-8-13)4-1-2-9-19-14-20-10-3-11-21-14/h5-8H,1-4,9-11H2,(H2,19,20,21). The minimum atomic E-state index is -4.25. The van der Waals surface area contributed by atoms with E-state index in [2.05, 4.69) is 15.6 Å². The van der Waals surface area contributed by atoms with Gasteiger partial charge in [-0.2, -0.15) is 13.2 Å². The maximum atomic E-state index is 12.4. The quantitative estimate of drug-likeness (QED) is 0.820. The first kappa shape index (κ1) is 15.7. The largest absolute Gasteiger partial charge is 0.416 e. The predicted molar refractivity (Wildman–Crippen MR) is 77.3 cm³/mol. The number of alkyl halides is 3. The molecule has 0 aromatic heterocycles. The molecule has 21 heavy (non-hydrogen) atoms. The molecule has 0 amide bonds. The molecule has 116 valence electrons. The van der Waals surface area contributed by atoms with Crippen molar-refractivity contribution < 1.29 is 13.2 Å². The summed E-state index contributed by atoms with van der Waals surface area (Å²) in [5.74, 6) is 0.857. The number of guanidine groups is 1. The van der Waals surface area contributed by atoms with Gasteiger partial charge in [0.15, 0.2) is 5.96 Å². The number of nitrogens with one attached hydrogen (secondary N) is 2. The monoisotopic (exact) mass is 299 g/mol. The number of benzene rings is 1. The third-order valence-corrected chi connectivity index (χ3v) is 3.36. The Balaban J connectivity index is 1.65. The van der Waals surface area contributed by atoms with Crippen LogP contribution in [0.25, 0.3) is 0 Å². The van der Waals surface area contributed by atoms with E-state index in [9.17, 15) is 13.2 Å². The molecule has 2 N–H and O–H groups in total. The van der Waals surface area contributed by atoms with Crippen molar-refractivity contribution in [2.45, 2.75) is 31.9 Å². The van der Waals surface area contributed by atoms with Crippen molar-refractivity contribution in [1.29, 1.82) is 0 Å². The summed E-state index contributed by atoms with van der Waals surface area (Å²) < 4.78 is 37.3. The van der Waals surface area contributed by atoms with E-state index in [4.69, 9.17) is 0 Å². The molecule has 6 heteroatoms. The van der Waals surface area contributed by atoms with Crippen molar-refractivity contribution in [3.63, 3.8) is 0 Å². The molecule has 1 aliphatic rings. The van der Waals surface area contributed by atoms with Crippen LogP contribution in [0.3, 0.4) is 0 Å². The summed E-state index contributed by atoms with van der Waals surface area (Å²) in [6, 6.07) is 5.41. The topological polar surface area (TPSA) is 36.4 Å². The Morgan fingerprint density at radius 1 is 1.14 bits per heavy atom. The van der Waals surface area contributed by atoms with Crippen LogP contribution in [0.15, 0.2) is 29.3 Å². The Kier molecular flexibility index (Phi) is 5.47. The van der Waals surface area contributed by atoms with Crippen LogP contribution in [0.5, 0.6) is 0 Å². The van der Waals surface area contributed by atoms with Gasteiger partial charge >= 0.3 is 6.18 Å². The molecule has 0 spiro atoms. The zero-order valence-corrected chi connectivity index (χ0v) is 11.8. The van der Waals surface area contributed by atoms with Gasteiger partial charge in [0.2, 0.25) is 0 Å². The molecule has 1 aliphatic heterocycles. The fraction of sp³-hybridized carbons (Fsp3) is 0.533. The molecule has 0 atom stereocenters. The molecule has 0 aliphatic carbocycles. The van der Waals surface area contributed by atoms with Crippen LogP contribution in [-0.2, 0) is 12.6 Å². The van der Waals surface area contributed by atoms with Gasteiger partial charge in [-0.25, -0.2) is 0 Å². The smallest absolute Gasteiger partial charge is 0.356 e. The summed E-state index contributed by atoms with van der Waals surface area (Å²) in [5.41, 5.74) is 0.352. The van der Waals surface area contributed by atoms with Gasteiger partial charge in [0.1, 0.15) is 0 Å². The van der Waals surface area contributed by atoms with E-state index in [1.165, 1.54) is 0 Å². The van der Waals surface area contributed by atoms with Gasteiger partial charge in [-0.1, -0.05) is 12.1 Å². The number of nitrogens with zero attached hydrogens (tertiary/aromatic N) is 1. The van der Waals surface area contributed by atoms with E-state index in [-0.39, 0.29) is 0 Å². The number of aryl methyl sites for hydroxylation is 1. The molecule has 0 fully saturated rings. The zero-order valence-electron chi connectivity index (χ0n) is 11.8. The molecule has 1 heterocycles. The highest BCUT2D eigenvalue weighted by Gasteiger charge is 2.29. The van der Waals surface area contributed by atoms with Gasteiger partial charge in [0, 0.05) is 19.6 Å². The first-order valence-electron chi connectivity index (χ1n) is 7.24. The highest BCUT2D eigenvalue weighted by Crippen LogP contribution is 2.29. The number of unbranched alkanes of at least 4 members (excludes halogenated alkanes) is 1. The summed E-state index contributed by atoms with van der Waals surface area (Å²) in [5, 5.41) is 6.41. The number of rotatable bonds is 5. The summed E-state index contributed by atoms with van der Waals surface area (Å²) in [6.07, 6.45) is -0.498. The van der Waals surface area contributed by atoms with E-state index in [1.807, 2.05) is 0 Å². The molecule has 0 bridgehead atoms. The Hall–Kier alpha value is -1.72. The summed E-state index contributed by atoms with van der Waals surface area (Å²) in [7, 11) is 0. The van der Waals surface area contributed by atoms with Gasteiger partial charge in [-0.15, -0.1) is 0 Å². The highest BCUT2D eigenvalue weighted by molar-refractivity contribution is 5.80. The normalized spacial score (nSPS) is 15.3. The van der Waals surface area contributed by atoms with Crippen molar-refractivity contribution in [1.82, 2.24) is 10.6 Å². The maximum Gasteiger partial charge on any atom is 0.416 e. The van der Waals surface area contributed by atoms with E-state index >= 15 is 0 Å². The molecule has 1 aromatic carbocycles. The van der Waals surface area contributed by atoms with Crippen LogP contribution >= 0.6 is 0 Å². The van der Waals surface area contributed by atoms with Crippen molar-refractivity contribution in [3.8, 4) is 0 Å². The van der Waals surface area contributed by atoms with Crippen LogP contribution < -0.4 is 10.6 Å². The molecule has 0 saturated carbocycles. The van der Waals surface area contributed by atoms with Gasteiger partial charge in [0.25, 0.3) is 0 Å².